The zero-order valence-electron chi connectivity index (χ0n) is 8.67. The Bertz CT molecular complexity index is 222. The molecule has 80 valence electrons. The number of nitrogens with zero attached hydrogens (tertiary/aromatic N) is 1. The summed E-state index contributed by atoms with van der Waals surface area (Å²) in [5.74, 6) is 0.159. The van der Waals surface area contributed by atoms with Gasteiger partial charge in [-0.2, -0.15) is 0 Å². The van der Waals surface area contributed by atoms with Gasteiger partial charge in [0.05, 0.1) is 0 Å². The highest BCUT2D eigenvalue weighted by atomic mass is 16.2. The van der Waals surface area contributed by atoms with Crippen molar-refractivity contribution in [3.8, 4) is 0 Å². The molecule has 0 aliphatic carbocycles. The summed E-state index contributed by atoms with van der Waals surface area (Å²) in [7, 11) is 1.67. The maximum Gasteiger partial charge on any atom is 0.237 e. The molecule has 0 aromatic heterocycles. The number of carbonyl (C=O) groups is 2. The Hall–Kier alpha value is -1.10. The number of hydrogen-bond acceptors (Lipinski definition) is 3. The molecule has 0 unspecified atom stereocenters. The Labute approximate surface area is 83.8 Å². The van der Waals surface area contributed by atoms with Crippen molar-refractivity contribution in [1.82, 2.24) is 15.8 Å². The molecule has 0 spiro atoms. The largest absolute Gasteiger partial charge is 0.343 e. The number of likely N-dealkylation sites (tertiary alicyclic amines) is 1. The standard InChI is InChI=1S/C9H17N3O2/c1-7(13)12-5-3-8(4-6-12)9(14)11-10-2/h8,10H,3-6H2,1-2H3,(H,11,14). The van der Waals surface area contributed by atoms with Crippen LogP contribution in [0.1, 0.15) is 19.8 Å². The Kier molecular flexibility index (Phi) is 3.88. The summed E-state index contributed by atoms with van der Waals surface area (Å²) in [5, 5.41) is 0. The first-order valence-electron chi connectivity index (χ1n) is 4.87. The van der Waals surface area contributed by atoms with Crippen molar-refractivity contribution in [2.45, 2.75) is 19.8 Å². The lowest BCUT2D eigenvalue weighted by molar-refractivity contribution is -0.134. The highest BCUT2D eigenvalue weighted by molar-refractivity contribution is 5.79. The van der Waals surface area contributed by atoms with Crippen molar-refractivity contribution in [3.63, 3.8) is 0 Å². The molecule has 0 saturated carbocycles. The third kappa shape index (κ3) is 2.70. The van der Waals surface area contributed by atoms with Crippen molar-refractivity contribution in [2.24, 2.45) is 5.92 Å². The third-order valence-corrected chi connectivity index (χ3v) is 2.56. The molecule has 1 rings (SSSR count). The van der Waals surface area contributed by atoms with E-state index in [2.05, 4.69) is 10.9 Å². The quantitative estimate of drug-likeness (QED) is 0.589. The monoisotopic (exact) mass is 199 g/mol. The van der Waals surface area contributed by atoms with Gasteiger partial charge in [-0.1, -0.05) is 0 Å². The van der Waals surface area contributed by atoms with Gasteiger partial charge in [-0.3, -0.25) is 15.0 Å². The summed E-state index contributed by atoms with van der Waals surface area (Å²) in [6, 6.07) is 0. The fraction of sp³-hybridized carbons (Fsp3) is 0.778. The van der Waals surface area contributed by atoms with Gasteiger partial charge in [0, 0.05) is 33.0 Å². The zero-order valence-corrected chi connectivity index (χ0v) is 8.67. The highest BCUT2D eigenvalue weighted by Crippen LogP contribution is 2.16. The minimum absolute atomic E-state index is 0.0238. The van der Waals surface area contributed by atoms with Gasteiger partial charge >= 0.3 is 0 Å². The number of amides is 2. The number of hydrazine groups is 1. The summed E-state index contributed by atoms with van der Waals surface area (Å²) in [6.07, 6.45) is 1.51. The van der Waals surface area contributed by atoms with E-state index in [4.69, 9.17) is 0 Å². The lowest BCUT2D eigenvalue weighted by Crippen LogP contribution is -2.45. The summed E-state index contributed by atoms with van der Waals surface area (Å²) in [6.45, 7) is 2.95. The van der Waals surface area contributed by atoms with Crippen LogP contribution in [-0.4, -0.2) is 36.9 Å². The van der Waals surface area contributed by atoms with Gasteiger partial charge in [0.15, 0.2) is 0 Å². The van der Waals surface area contributed by atoms with Gasteiger partial charge in [0.25, 0.3) is 0 Å². The molecule has 1 aliphatic rings. The van der Waals surface area contributed by atoms with E-state index >= 15 is 0 Å². The second-order valence-corrected chi connectivity index (χ2v) is 3.52. The van der Waals surface area contributed by atoms with Crippen LogP contribution < -0.4 is 10.9 Å². The van der Waals surface area contributed by atoms with E-state index in [0.29, 0.717) is 13.1 Å². The minimum Gasteiger partial charge on any atom is -0.343 e. The Balaban J connectivity index is 2.35. The number of piperidine rings is 1. The van der Waals surface area contributed by atoms with Gasteiger partial charge in [-0.15, -0.1) is 0 Å². The molecule has 0 bridgehead atoms. The summed E-state index contributed by atoms with van der Waals surface area (Å²) < 4.78 is 0. The third-order valence-electron chi connectivity index (χ3n) is 2.56. The molecule has 0 radical (unpaired) electrons. The molecule has 2 amide bonds. The molecule has 1 heterocycles. The van der Waals surface area contributed by atoms with E-state index < -0.39 is 0 Å². The first kappa shape index (κ1) is 11.0. The number of hydrogen-bond donors (Lipinski definition) is 2. The predicted octanol–water partition coefficient (Wildman–Crippen LogP) is -0.505. The van der Waals surface area contributed by atoms with Crippen LogP contribution in [0.15, 0.2) is 0 Å². The molecule has 0 aromatic rings. The van der Waals surface area contributed by atoms with Gasteiger partial charge in [0.1, 0.15) is 0 Å². The molecular formula is C9H17N3O2. The van der Waals surface area contributed by atoms with Crippen LogP contribution >= 0.6 is 0 Å². The topological polar surface area (TPSA) is 61.4 Å². The van der Waals surface area contributed by atoms with Gasteiger partial charge < -0.3 is 4.90 Å². The van der Waals surface area contributed by atoms with Crippen molar-refractivity contribution >= 4 is 11.8 Å². The maximum atomic E-state index is 11.4. The Morgan fingerprint density at radius 1 is 1.29 bits per heavy atom. The van der Waals surface area contributed by atoms with Gasteiger partial charge in [0.2, 0.25) is 11.8 Å². The maximum absolute atomic E-state index is 11.4. The Morgan fingerprint density at radius 2 is 1.86 bits per heavy atom. The lowest BCUT2D eigenvalue weighted by atomic mass is 9.96. The highest BCUT2D eigenvalue weighted by Gasteiger charge is 2.25. The minimum atomic E-state index is 0.0238. The second kappa shape index (κ2) is 4.95. The molecule has 1 aliphatic heterocycles. The normalized spacial score (nSPS) is 18.0. The number of rotatable bonds is 2. The fourth-order valence-corrected chi connectivity index (χ4v) is 1.68. The molecule has 0 atom stereocenters. The van der Waals surface area contributed by atoms with Crippen LogP contribution in [0.5, 0.6) is 0 Å². The van der Waals surface area contributed by atoms with Gasteiger partial charge in [-0.25, -0.2) is 5.43 Å². The zero-order chi connectivity index (χ0) is 10.6. The van der Waals surface area contributed by atoms with Crippen LogP contribution in [0.2, 0.25) is 0 Å². The van der Waals surface area contributed by atoms with E-state index in [-0.39, 0.29) is 17.7 Å². The van der Waals surface area contributed by atoms with Crippen molar-refractivity contribution in [2.75, 3.05) is 20.1 Å². The van der Waals surface area contributed by atoms with Gasteiger partial charge in [-0.05, 0) is 12.8 Å². The van der Waals surface area contributed by atoms with Crippen LogP contribution in [0.4, 0.5) is 0 Å². The predicted molar refractivity (Wildman–Crippen MR) is 52.2 cm³/mol. The van der Waals surface area contributed by atoms with Crippen LogP contribution in [0.3, 0.4) is 0 Å². The Morgan fingerprint density at radius 3 is 2.29 bits per heavy atom. The average molecular weight is 199 g/mol. The second-order valence-electron chi connectivity index (χ2n) is 3.52. The van der Waals surface area contributed by atoms with E-state index in [9.17, 15) is 9.59 Å². The summed E-state index contributed by atoms with van der Waals surface area (Å²) in [4.78, 5) is 24.2. The van der Waals surface area contributed by atoms with Crippen LogP contribution in [0.25, 0.3) is 0 Å². The molecule has 5 heteroatoms. The summed E-state index contributed by atoms with van der Waals surface area (Å²) >= 11 is 0. The molecule has 2 N–H and O–H groups in total. The number of nitrogens with one attached hydrogen (secondary N) is 2. The van der Waals surface area contributed by atoms with E-state index in [1.807, 2.05) is 0 Å². The molecule has 14 heavy (non-hydrogen) atoms. The average Bonchev–Trinajstić information content (AvgIpc) is 2.18. The first-order chi connectivity index (χ1) is 6.65. The lowest BCUT2D eigenvalue weighted by Gasteiger charge is -2.30. The van der Waals surface area contributed by atoms with Crippen molar-refractivity contribution < 1.29 is 9.59 Å². The molecule has 5 nitrogen and oxygen atoms in total. The van der Waals surface area contributed by atoms with E-state index in [1.54, 1.807) is 18.9 Å². The molecule has 1 saturated heterocycles. The van der Waals surface area contributed by atoms with E-state index in [0.717, 1.165) is 12.8 Å². The fourth-order valence-electron chi connectivity index (χ4n) is 1.68. The number of carbonyl (C=O) groups excluding carboxylic acids is 2. The van der Waals surface area contributed by atoms with Crippen LogP contribution in [-0.2, 0) is 9.59 Å². The molecular weight excluding hydrogens is 182 g/mol. The van der Waals surface area contributed by atoms with Crippen molar-refractivity contribution in [3.05, 3.63) is 0 Å². The SMILES string of the molecule is CNNC(=O)C1CCN(C(C)=O)CC1. The summed E-state index contributed by atoms with van der Waals surface area (Å²) in [5.41, 5.74) is 5.19. The molecule has 1 fully saturated rings. The van der Waals surface area contributed by atoms with Crippen molar-refractivity contribution in [1.29, 1.82) is 0 Å². The first-order valence-corrected chi connectivity index (χ1v) is 4.87. The smallest absolute Gasteiger partial charge is 0.237 e. The molecule has 0 aromatic carbocycles. The van der Waals surface area contributed by atoms with E-state index in [1.165, 1.54) is 0 Å². The van der Waals surface area contributed by atoms with Crippen LogP contribution in [0, 0.1) is 5.92 Å².